The average molecular weight is 229 g/mol. The fourth-order valence-electron chi connectivity index (χ4n) is 1.42. The van der Waals surface area contributed by atoms with Gasteiger partial charge in [-0.3, -0.25) is 4.79 Å². The fourth-order valence-corrected chi connectivity index (χ4v) is 1.42. The van der Waals surface area contributed by atoms with Crippen molar-refractivity contribution in [1.29, 1.82) is 0 Å². The van der Waals surface area contributed by atoms with Crippen molar-refractivity contribution in [3.63, 3.8) is 0 Å². The number of hydrogen-bond donors (Lipinski definition) is 3. The zero-order valence-corrected chi connectivity index (χ0v) is 8.92. The minimum Gasteiger partial charge on any atom is -0.506 e. The molecule has 0 unspecified atom stereocenters. The number of aromatic nitrogens is 1. The third-order valence-corrected chi connectivity index (χ3v) is 2.16. The molecular formula is C12H11N3O2. The molecule has 0 radical (unpaired) electrons. The maximum Gasteiger partial charge on any atom is 0.168 e. The lowest BCUT2D eigenvalue weighted by Crippen LogP contribution is -1.99. The Morgan fingerprint density at radius 1 is 1.29 bits per heavy atom. The van der Waals surface area contributed by atoms with Crippen LogP contribution in [-0.2, 0) is 0 Å². The second-order valence-electron chi connectivity index (χ2n) is 3.47. The number of para-hydroxylation sites is 2. The number of phenolic OH excluding ortho intramolecular Hbond substituents is 1. The summed E-state index contributed by atoms with van der Waals surface area (Å²) in [5.41, 5.74) is 6.80. The fraction of sp³-hybridized carbons (Fsp3) is 0. The highest BCUT2D eigenvalue weighted by Gasteiger charge is 2.03. The van der Waals surface area contributed by atoms with Crippen molar-refractivity contribution in [2.24, 2.45) is 0 Å². The maximum absolute atomic E-state index is 10.6. The van der Waals surface area contributed by atoms with Gasteiger partial charge in [0.1, 0.15) is 17.3 Å². The van der Waals surface area contributed by atoms with E-state index in [0.717, 1.165) is 0 Å². The van der Waals surface area contributed by atoms with E-state index >= 15 is 0 Å². The van der Waals surface area contributed by atoms with Crippen LogP contribution in [0.3, 0.4) is 0 Å². The van der Waals surface area contributed by atoms with Gasteiger partial charge in [0.15, 0.2) is 6.29 Å². The molecule has 2 aromatic rings. The van der Waals surface area contributed by atoms with Crippen LogP contribution in [0.1, 0.15) is 10.5 Å². The molecule has 86 valence electrons. The molecule has 0 aliphatic rings. The predicted molar refractivity (Wildman–Crippen MR) is 65.4 cm³/mol. The van der Waals surface area contributed by atoms with Gasteiger partial charge < -0.3 is 16.2 Å². The first-order valence-electron chi connectivity index (χ1n) is 4.97. The summed E-state index contributed by atoms with van der Waals surface area (Å²) in [4.78, 5) is 14.7. The predicted octanol–water partition coefficient (Wildman–Crippen LogP) is 1.93. The number of nitrogen functional groups attached to an aromatic ring is 1. The molecule has 1 heterocycles. The number of aromatic hydroxyl groups is 1. The minimum absolute atomic E-state index is 0.101. The molecule has 0 atom stereocenters. The first-order valence-corrected chi connectivity index (χ1v) is 4.97. The van der Waals surface area contributed by atoms with Crippen LogP contribution >= 0.6 is 0 Å². The van der Waals surface area contributed by atoms with Gasteiger partial charge in [0.25, 0.3) is 0 Å². The van der Waals surface area contributed by atoms with E-state index in [0.29, 0.717) is 23.5 Å². The van der Waals surface area contributed by atoms with E-state index in [4.69, 9.17) is 5.73 Å². The van der Waals surface area contributed by atoms with E-state index in [2.05, 4.69) is 10.3 Å². The molecule has 0 amide bonds. The topological polar surface area (TPSA) is 88.2 Å². The largest absolute Gasteiger partial charge is 0.506 e. The quantitative estimate of drug-likeness (QED) is 0.552. The number of carbonyl (C=O) groups excluding carboxylic acids is 1. The molecule has 0 saturated carbocycles. The normalized spacial score (nSPS) is 9.88. The number of benzene rings is 1. The van der Waals surface area contributed by atoms with Crippen molar-refractivity contribution >= 4 is 23.5 Å². The van der Waals surface area contributed by atoms with Crippen molar-refractivity contribution in [3.05, 3.63) is 42.1 Å². The molecule has 1 aromatic heterocycles. The summed E-state index contributed by atoms with van der Waals surface area (Å²) in [6.07, 6.45) is 0.617. The Kier molecular flexibility index (Phi) is 2.91. The van der Waals surface area contributed by atoms with Crippen LogP contribution in [0.25, 0.3) is 0 Å². The number of nitrogens with zero attached hydrogens (tertiary/aromatic N) is 1. The third kappa shape index (κ3) is 2.52. The minimum atomic E-state index is 0.101. The lowest BCUT2D eigenvalue weighted by atomic mass is 10.3. The lowest BCUT2D eigenvalue weighted by Gasteiger charge is -2.08. The van der Waals surface area contributed by atoms with Crippen LogP contribution in [0.5, 0.6) is 5.75 Å². The van der Waals surface area contributed by atoms with Gasteiger partial charge in [0, 0.05) is 11.8 Å². The molecule has 5 heteroatoms. The van der Waals surface area contributed by atoms with Crippen LogP contribution in [0.15, 0.2) is 36.4 Å². The van der Waals surface area contributed by atoms with Crippen LogP contribution in [0, 0.1) is 0 Å². The summed E-state index contributed by atoms with van der Waals surface area (Å²) in [5.74, 6) is 0.512. The smallest absolute Gasteiger partial charge is 0.168 e. The zero-order valence-electron chi connectivity index (χ0n) is 8.92. The van der Waals surface area contributed by atoms with Crippen molar-refractivity contribution in [3.8, 4) is 5.75 Å². The van der Waals surface area contributed by atoms with Crippen LogP contribution in [0.2, 0.25) is 0 Å². The van der Waals surface area contributed by atoms with E-state index in [1.54, 1.807) is 30.3 Å². The average Bonchev–Trinajstić information content (AvgIpc) is 2.31. The van der Waals surface area contributed by atoms with Gasteiger partial charge in [-0.2, -0.15) is 0 Å². The molecule has 4 N–H and O–H groups in total. The highest BCUT2D eigenvalue weighted by atomic mass is 16.3. The van der Waals surface area contributed by atoms with Crippen molar-refractivity contribution in [2.45, 2.75) is 0 Å². The number of pyridine rings is 1. The standard InChI is InChI=1S/C12H11N3O2/c13-8-5-9(7-16)14-12(6-8)15-10-3-1-2-4-11(10)17/h1-7,17H,(H3,13,14,15). The third-order valence-electron chi connectivity index (χ3n) is 2.16. The molecule has 0 aliphatic heterocycles. The van der Waals surface area contributed by atoms with E-state index < -0.39 is 0 Å². The van der Waals surface area contributed by atoms with Crippen molar-refractivity contribution in [1.82, 2.24) is 4.98 Å². The Labute approximate surface area is 97.9 Å². The SMILES string of the molecule is Nc1cc(C=O)nc(Nc2ccccc2O)c1. The van der Waals surface area contributed by atoms with E-state index in [1.807, 2.05) is 0 Å². The molecule has 0 fully saturated rings. The van der Waals surface area contributed by atoms with Crippen molar-refractivity contribution in [2.75, 3.05) is 11.1 Å². The van der Waals surface area contributed by atoms with Gasteiger partial charge in [-0.15, -0.1) is 0 Å². The van der Waals surface area contributed by atoms with Gasteiger partial charge in [-0.25, -0.2) is 4.98 Å². The molecule has 0 saturated heterocycles. The number of carbonyl (C=O) groups is 1. The molecule has 17 heavy (non-hydrogen) atoms. The number of hydrogen-bond acceptors (Lipinski definition) is 5. The summed E-state index contributed by atoms with van der Waals surface area (Å²) < 4.78 is 0. The monoisotopic (exact) mass is 229 g/mol. The number of nitrogens with two attached hydrogens (primary N) is 1. The second-order valence-corrected chi connectivity index (χ2v) is 3.47. The van der Waals surface area contributed by atoms with E-state index in [9.17, 15) is 9.90 Å². The van der Waals surface area contributed by atoms with Gasteiger partial charge in [0.05, 0.1) is 5.69 Å². The van der Waals surface area contributed by atoms with Gasteiger partial charge in [-0.1, -0.05) is 12.1 Å². The zero-order chi connectivity index (χ0) is 12.3. The molecule has 2 rings (SSSR count). The lowest BCUT2D eigenvalue weighted by molar-refractivity contribution is 0.111. The Morgan fingerprint density at radius 3 is 2.76 bits per heavy atom. The first-order chi connectivity index (χ1) is 8.19. The molecule has 0 spiro atoms. The number of rotatable bonds is 3. The molecule has 5 nitrogen and oxygen atoms in total. The van der Waals surface area contributed by atoms with Gasteiger partial charge >= 0.3 is 0 Å². The molecular weight excluding hydrogens is 218 g/mol. The van der Waals surface area contributed by atoms with Crippen molar-refractivity contribution < 1.29 is 9.90 Å². The maximum atomic E-state index is 10.6. The Hall–Kier alpha value is -2.56. The van der Waals surface area contributed by atoms with Crippen LogP contribution in [-0.4, -0.2) is 16.4 Å². The Bertz CT molecular complexity index is 555. The summed E-state index contributed by atoms with van der Waals surface area (Å²) in [7, 11) is 0. The summed E-state index contributed by atoms with van der Waals surface area (Å²) in [6, 6.07) is 9.79. The van der Waals surface area contributed by atoms with Gasteiger partial charge in [-0.05, 0) is 18.2 Å². The second kappa shape index (κ2) is 4.52. The molecule has 1 aromatic carbocycles. The van der Waals surface area contributed by atoms with Crippen LogP contribution in [0.4, 0.5) is 17.2 Å². The highest BCUT2D eigenvalue weighted by molar-refractivity contribution is 5.76. The number of nitrogens with one attached hydrogen (secondary N) is 1. The summed E-state index contributed by atoms with van der Waals surface area (Å²) >= 11 is 0. The Morgan fingerprint density at radius 2 is 2.06 bits per heavy atom. The van der Waals surface area contributed by atoms with Crippen LogP contribution < -0.4 is 11.1 Å². The Balaban J connectivity index is 2.33. The molecule has 0 aliphatic carbocycles. The number of phenols is 1. The first kappa shape index (κ1) is 10.9. The highest BCUT2D eigenvalue weighted by Crippen LogP contribution is 2.25. The molecule has 0 bridgehead atoms. The summed E-state index contributed by atoms with van der Waals surface area (Å²) in [5, 5.41) is 12.5. The summed E-state index contributed by atoms with van der Waals surface area (Å²) in [6.45, 7) is 0. The van der Waals surface area contributed by atoms with E-state index in [-0.39, 0.29) is 11.4 Å². The van der Waals surface area contributed by atoms with E-state index in [1.165, 1.54) is 6.07 Å². The van der Waals surface area contributed by atoms with Gasteiger partial charge in [0.2, 0.25) is 0 Å². The number of aldehydes is 1. The number of anilines is 3.